The van der Waals surface area contributed by atoms with E-state index in [4.69, 9.17) is 4.74 Å². The van der Waals surface area contributed by atoms with E-state index in [1.165, 1.54) is 5.56 Å². The fraction of sp³-hybridized carbons (Fsp3) is 0.222. The Kier molecular flexibility index (Phi) is 6.12. The fourth-order valence-corrected chi connectivity index (χ4v) is 4.45. The Morgan fingerprint density at radius 1 is 0.906 bits per heavy atom. The lowest BCUT2D eigenvalue weighted by atomic mass is 9.96. The summed E-state index contributed by atoms with van der Waals surface area (Å²) in [5.41, 5.74) is 3.86. The van der Waals surface area contributed by atoms with Crippen LogP contribution in [0.3, 0.4) is 0 Å². The van der Waals surface area contributed by atoms with E-state index < -0.39 is 6.04 Å². The van der Waals surface area contributed by atoms with E-state index in [0.717, 1.165) is 35.1 Å². The molecule has 1 atom stereocenters. The summed E-state index contributed by atoms with van der Waals surface area (Å²) in [4.78, 5) is 17.4. The van der Waals surface area contributed by atoms with E-state index >= 15 is 0 Å². The molecule has 3 aromatic carbocycles. The van der Waals surface area contributed by atoms with Gasteiger partial charge in [0, 0.05) is 42.3 Å². The van der Waals surface area contributed by atoms with Crippen molar-refractivity contribution in [2.45, 2.75) is 12.6 Å². The second-order valence-corrected chi connectivity index (χ2v) is 8.07. The van der Waals surface area contributed by atoms with Gasteiger partial charge in [0.1, 0.15) is 6.04 Å². The van der Waals surface area contributed by atoms with Crippen LogP contribution in [0.2, 0.25) is 0 Å². The largest absolute Gasteiger partial charge is 0.379 e. The molecule has 0 saturated carbocycles. The van der Waals surface area contributed by atoms with Gasteiger partial charge in [-0.15, -0.1) is 0 Å². The number of Topliss-reactive ketones (excluding diaryl/α,β-unsaturated/α-hetero) is 1. The standard InChI is InChI=1S/C27H27N3O2/c31-27(24-19-28-25-14-8-7-13-23(24)25)26(22-11-5-2-6-12-22)30(29-15-17-32-18-16-29)20-21-9-3-1-4-10-21/h1-14,19,26,28H,15-18,20H2. The van der Waals surface area contributed by atoms with Gasteiger partial charge in [0.2, 0.25) is 0 Å². The lowest BCUT2D eigenvalue weighted by Crippen LogP contribution is -2.51. The van der Waals surface area contributed by atoms with Gasteiger partial charge in [-0.3, -0.25) is 4.79 Å². The number of hydrogen-bond donors (Lipinski definition) is 1. The lowest BCUT2D eigenvalue weighted by molar-refractivity contribution is -0.112. The molecule has 1 aliphatic heterocycles. The Labute approximate surface area is 188 Å². The molecule has 2 heterocycles. The first kappa shape index (κ1) is 20.6. The van der Waals surface area contributed by atoms with Crippen LogP contribution in [0, 0.1) is 0 Å². The number of nitrogens with one attached hydrogen (secondary N) is 1. The number of H-pyrrole nitrogens is 1. The molecule has 5 nitrogen and oxygen atoms in total. The summed E-state index contributed by atoms with van der Waals surface area (Å²) in [6.45, 7) is 3.49. The third-order valence-corrected chi connectivity index (χ3v) is 6.05. The molecular weight excluding hydrogens is 398 g/mol. The lowest BCUT2D eigenvalue weighted by Gasteiger charge is -2.41. The highest BCUT2D eigenvalue weighted by Crippen LogP contribution is 2.31. The SMILES string of the molecule is O=C(c1c[nH]c2ccccc12)C(c1ccccc1)N(Cc1ccccc1)N1CCOCC1. The molecule has 1 unspecified atom stereocenters. The predicted molar refractivity (Wildman–Crippen MR) is 126 cm³/mol. The Balaban J connectivity index is 1.60. The van der Waals surface area contributed by atoms with Crippen molar-refractivity contribution in [2.24, 2.45) is 0 Å². The number of carbonyl (C=O) groups excluding carboxylic acids is 1. The van der Waals surface area contributed by atoms with Gasteiger partial charge < -0.3 is 9.72 Å². The maximum atomic E-state index is 14.2. The molecule has 0 aliphatic carbocycles. The van der Waals surface area contributed by atoms with Gasteiger partial charge in [-0.1, -0.05) is 78.9 Å². The summed E-state index contributed by atoms with van der Waals surface area (Å²) in [7, 11) is 0. The van der Waals surface area contributed by atoms with Crippen molar-refractivity contribution in [3.05, 3.63) is 108 Å². The van der Waals surface area contributed by atoms with Gasteiger partial charge in [-0.05, 0) is 17.2 Å². The molecule has 0 amide bonds. The van der Waals surface area contributed by atoms with Crippen molar-refractivity contribution >= 4 is 16.7 Å². The van der Waals surface area contributed by atoms with Gasteiger partial charge in [0.15, 0.2) is 5.78 Å². The average molecular weight is 426 g/mol. The molecule has 4 aromatic rings. The number of rotatable bonds is 7. The van der Waals surface area contributed by atoms with Gasteiger partial charge in [-0.2, -0.15) is 0 Å². The van der Waals surface area contributed by atoms with Gasteiger partial charge >= 0.3 is 0 Å². The van der Waals surface area contributed by atoms with Gasteiger partial charge in [-0.25, -0.2) is 10.0 Å². The van der Waals surface area contributed by atoms with Crippen LogP contribution in [0.15, 0.2) is 91.1 Å². The zero-order valence-electron chi connectivity index (χ0n) is 18.0. The Morgan fingerprint density at radius 3 is 2.31 bits per heavy atom. The van der Waals surface area contributed by atoms with E-state index in [9.17, 15) is 4.79 Å². The molecule has 5 heteroatoms. The fourth-order valence-electron chi connectivity index (χ4n) is 4.45. The smallest absolute Gasteiger partial charge is 0.188 e. The first-order chi connectivity index (χ1) is 15.8. The topological polar surface area (TPSA) is 48.6 Å². The molecule has 0 spiro atoms. The van der Waals surface area contributed by atoms with E-state index in [2.05, 4.69) is 39.3 Å². The van der Waals surface area contributed by atoms with E-state index in [0.29, 0.717) is 19.8 Å². The summed E-state index contributed by atoms with van der Waals surface area (Å²) >= 11 is 0. The Bertz CT molecular complexity index is 1170. The maximum absolute atomic E-state index is 14.2. The number of fused-ring (bicyclic) bond motifs is 1. The summed E-state index contributed by atoms with van der Waals surface area (Å²) in [6.07, 6.45) is 1.85. The second kappa shape index (κ2) is 9.49. The Hall–Kier alpha value is -3.25. The summed E-state index contributed by atoms with van der Waals surface area (Å²) < 4.78 is 5.62. The highest BCUT2D eigenvalue weighted by atomic mass is 16.5. The number of morpholine rings is 1. The van der Waals surface area contributed by atoms with Crippen molar-refractivity contribution < 1.29 is 9.53 Å². The molecule has 1 aromatic heterocycles. The molecule has 1 saturated heterocycles. The van der Waals surface area contributed by atoms with Crippen LogP contribution in [0.1, 0.15) is 27.5 Å². The Morgan fingerprint density at radius 2 is 1.56 bits per heavy atom. The number of hydrogen-bond acceptors (Lipinski definition) is 4. The van der Waals surface area contributed by atoms with Gasteiger partial charge in [0.05, 0.1) is 13.2 Å². The molecule has 1 N–H and O–H groups in total. The molecule has 1 aliphatic rings. The van der Waals surface area contributed by atoms with Crippen LogP contribution >= 0.6 is 0 Å². The van der Waals surface area contributed by atoms with Crippen LogP contribution in [-0.4, -0.2) is 47.1 Å². The quantitative estimate of drug-likeness (QED) is 0.431. The van der Waals surface area contributed by atoms with Crippen molar-refractivity contribution in [2.75, 3.05) is 26.3 Å². The van der Waals surface area contributed by atoms with Crippen LogP contribution in [-0.2, 0) is 11.3 Å². The number of hydrazine groups is 1. The normalized spacial score (nSPS) is 15.8. The maximum Gasteiger partial charge on any atom is 0.188 e. The summed E-state index contributed by atoms with van der Waals surface area (Å²) in [6, 6.07) is 28.0. The minimum atomic E-state index is -0.436. The molecule has 5 rings (SSSR count). The average Bonchev–Trinajstić information content (AvgIpc) is 3.30. The highest BCUT2D eigenvalue weighted by molar-refractivity contribution is 6.10. The first-order valence-electron chi connectivity index (χ1n) is 11.1. The third kappa shape index (κ3) is 4.23. The van der Waals surface area contributed by atoms with Crippen molar-refractivity contribution in [1.82, 2.24) is 15.0 Å². The van der Waals surface area contributed by atoms with Crippen LogP contribution in [0.4, 0.5) is 0 Å². The summed E-state index contributed by atoms with van der Waals surface area (Å²) in [5, 5.41) is 5.47. The number of aromatic nitrogens is 1. The number of carbonyl (C=O) groups is 1. The zero-order valence-corrected chi connectivity index (χ0v) is 18.0. The highest BCUT2D eigenvalue weighted by Gasteiger charge is 2.34. The molecule has 0 radical (unpaired) electrons. The molecular formula is C27H27N3O2. The van der Waals surface area contributed by atoms with Crippen LogP contribution in [0.5, 0.6) is 0 Å². The summed E-state index contributed by atoms with van der Waals surface area (Å²) in [5.74, 6) is 0.0936. The van der Waals surface area contributed by atoms with E-state index in [1.807, 2.05) is 66.9 Å². The monoisotopic (exact) mass is 425 g/mol. The molecule has 1 fully saturated rings. The van der Waals surface area contributed by atoms with E-state index in [-0.39, 0.29) is 5.78 Å². The number of benzene rings is 3. The first-order valence-corrected chi connectivity index (χ1v) is 11.1. The molecule has 0 bridgehead atoms. The molecule has 32 heavy (non-hydrogen) atoms. The number of ketones is 1. The number of nitrogens with zero attached hydrogens (tertiary/aromatic N) is 2. The second-order valence-electron chi connectivity index (χ2n) is 8.07. The number of para-hydroxylation sites is 1. The number of aromatic amines is 1. The van der Waals surface area contributed by atoms with E-state index in [1.54, 1.807) is 0 Å². The van der Waals surface area contributed by atoms with Crippen molar-refractivity contribution in [3.8, 4) is 0 Å². The van der Waals surface area contributed by atoms with Crippen LogP contribution in [0.25, 0.3) is 10.9 Å². The third-order valence-electron chi connectivity index (χ3n) is 6.05. The van der Waals surface area contributed by atoms with Crippen LogP contribution < -0.4 is 0 Å². The predicted octanol–water partition coefficient (Wildman–Crippen LogP) is 4.84. The van der Waals surface area contributed by atoms with Crippen molar-refractivity contribution in [1.29, 1.82) is 0 Å². The zero-order chi connectivity index (χ0) is 21.8. The minimum absolute atomic E-state index is 0.0936. The number of ether oxygens (including phenoxy) is 1. The minimum Gasteiger partial charge on any atom is -0.379 e. The molecule has 162 valence electrons. The van der Waals surface area contributed by atoms with Crippen molar-refractivity contribution in [3.63, 3.8) is 0 Å². The van der Waals surface area contributed by atoms with Gasteiger partial charge in [0.25, 0.3) is 0 Å².